The lowest BCUT2D eigenvalue weighted by Gasteiger charge is -2.09. The molecule has 0 aliphatic carbocycles. The monoisotopic (exact) mass is 351 g/mol. The van der Waals surface area contributed by atoms with Gasteiger partial charge >= 0.3 is 0 Å². The number of amides is 1. The highest BCUT2D eigenvalue weighted by Gasteiger charge is 2.15. The predicted octanol–water partition coefficient (Wildman–Crippen LogP) is 3.20. The number of carbonyl (C=O) groups excluding carboxylic acids is 1. The summed E-state index contributed by atoms with van der Waals surface area (Å²) in [6.07, 6.45) is 1.52. The molecule has 0 atom stereocenters. The topological polar surface area (TPSA) is 76.2 Å². The second kappa shape index (κ2) is 8.20. The fourth-order valence-electron chi connectivity index (χ4n) is 2.57. The fraction of sp³-hybridized carbons (Fsp3) is 0.200. The molecule has 3 aromatic rings. The van der Waals surface area contributed by atoms with Crippen molar-refractivity contribution in [2.75, 3.05) is 20.3 Å². The Morgan fingerprint density at radius 1 is 1.15 bits per heavy atom. The number of rotatable bonds is 7. The molecule has 0 saturated carbocycles. The molecule has 2 N–H and O–H groups in total. The first kappa shape index (κ1) is 17.5. The predicted molar refractivity (Wildman–Crippen MR) is 99.6 cm³/mol. The van der Waals surface area contributed by atoms with Gasteiger partial charge in [0.15, 0.2) is 0 Å². The maximum absolute atomic E-state index is 12.4. The van der Waals surface area contributed by atoms with Gasteiger partial charge < -0.3 is 14.8 Å². The summed E-state index contributed by atoms with van der Waals surface area (Å²) in [6, 6.07) is 15.2. The molecule has 0 unspecified atom stereocenters. The molecule has 0 fully saturated rings. The van der Waals surface area contributed by atoms with E-state index in [1.165, 1.54) is 6.20 Å². The lowest BCUT2D eigenvalue weighted by molar-refractivity contribution is 0.0947. The highest BCUT2D eigenvalue weighted by molar-refractivity contribution is 5.99. The van der Waals surface area contributed by atoms with Crippen LogP contribution < -0.4 is 14.8 Å². The van der Waals surface area contributed by atoms with E-state index in [9.17, 15) is 4.79 Å². The Morgan fingerprint density at radius 2 is 1.96 bits per heavy atom. The van der Waals surface area contributed by atoms with Gasteiger partial charge in [-0.25, -0.2) is 0 Å². The Bertz CT molecular complexity index is 872. The Hall–Kier alpha value is -3.28. The molecule has 0 aliphatic rings. The number of carbonyl (C=O) groups is 1. The summed E-state index contributed by atoms with van der Waals surface area (Å²) < 4.78 is 10.8. The molecule has 0 bridgehead atoms. The summed E-state index contributed by atoms with van der Waals surface area (Å²) in [6.45, 7) is 2.80. The first-order valence-electron chi connectivity index (χ1n) is 8.33. The van der Waals surface area contributed by atoms with E-state index < -0.39 is 0 Å². The van der Waals surface area contributed by atoms with Crippen LogP contribution in [-0.4, -0.2) is 36.4 Å². The quantitative estimate of drug-likeness (QED) is 0.641. The van der Waals surface area contributed by atoms with Gasteiger partial charge in [-0.3, -0.25) is 9.89 Å². The molecule has 0 spiro atoms. The van der Waals surface area contributed by atoms with Crippen molar-refractivity contribution < 1.29 is 14.3 Å². The lowest BCUT2D eigenvalue weighted by atomic mass is 10.1. The van der Waals surface area contributed by atoms with Crippen LogP contribution >= 0.6 is 0 Å². The first-order chi connectivity index (χ1) is 12.7. The molecule has 0 aliphatic heterocycles. The van der Waals surface area contributed by atoms with Crippen molar-refractivity contribution in [2.24, 2.45) is 0 Å². The summed E-state index contributed by atoms with van der Waals surface area (Å²) in [7, 11) is 1.61. The molecule has 2 aromatic carbocycles. The Balaban J connectivity index is 1.57. The van der Waals surface area contributed by atoms with Gasteiger partial charge in [-0.1, -0.05) is 12.1 Å². The summed E-state index contributed by atoms with van der Waals surface area (Å²) in [5.74, 6) is 1.35. The number of H-pyrrole nitrogens is 1. The van der Waals surface area contributed by atoms with Gasteiger partial charge in [0.05, 0.1) is 31.1 Å². The number of hydrogen-bond acceptors (Lipinski definition) is 4. The molecule has 6 nitrogen and oxygen atoms in total. The van der Waals surface area contributed by atoms with Gasteiger partial charge in [0, 0.05) is 5.56 Å². The smallest absolute Gasteiger partial charge is 0.255 e. The van der Waals surface area contributed by atoms with Crippen LogP contribution in [0.3, 0.4) is 0 Å². The van der Waals surface area contributed by atoms with Gasteiger partial charge in [-0.15, -0.1) is 0 Å². The average Bonchev–Trinajstić information content (AvgIpc) is 3.15. The van der Waals surface area contributed by atoms with Gasteiger partial charge in [-0.2, -0.15) is 5.10 Å². The standard InChI is InChI=1S/C20H21N3O3/c1-14-4-3-5-17(12-14)26-11-10-21-20(24)18-13-22-23-19(18)15-6-8-16(25-2)9-7-15/h3-9,12-13H,10-11H2,1-2H3,(H,21,24)(H,22,23). The third-order valence-electron chi connectivity index (χ3n) is 3.91. The summed E-state index contributed by atoms with van der Waals surface area (Å²) >= 11 is 0. The minimum atomic E-state index is -0.197. The minimum absolute atomic E-state index is 0.197. The van der Waals surface area contributed by atoms with Crippen molar-refractivity contribution in [3.8, 4) is 22.8 Å². The highest BCUT2D eigenvalue weighted by atomic mass is 16.5. The van der Waals surface area contributed by atoms with Crippen molar-refractivity contribution >= 4 is 5.91 Å². The molecular weight excluding hydrogens is 330 g/mol. The Kier molecular flexibility index (Phi) is 5.53. The number of hydrogen-bond donors (Lipinski definition) is 2. The number of nitrogens with zero attached hydrogens (tertiary/aromatic N) is 1. The second-order valence-electron chi connectivity index (χ2n) is 5.81. The minimum Gasteiger partial charge on any atom is -0.497 e. The van der Waals surface area contributed by atoms with Crippen LogP contribution in [0.15, 0.2) is 54.7 Å². The normalized spacial score (nSPS) is 10.4. The van der Waals surface area contributed by atoms with E-state index in [0.29, 0.717) is 24.4 Å². The maximum Gasteiger partial charge on any atom is 0.255 e. The molecule has 1 amide bonds. The van der Waals surface area contributed by atoms with E-state index >= 15 is 0 Å². The van der Waals surface area contributed by atoms with Crippen LogP contribution in [0.4, 0.5) is 0 Å². The molecule has 26 heavy (non-hydrogen) atoms. The average molecular weight is 351 g/mol. The van der Waals surface area contributed by atoms with Gasteiger partial charge in [0.2, 0.25) is 0 Å². The molecule has 1 aromatic heterocycles. The zero-order valence-corrected chi connectivity index (χ0v) is 14.8. The van der Waals surface area contributed by atoms with E-state index in [-0.39, 0.29) is 5.91 Å². The largest absolute Gasteiger partial charge is 0.497 e. The molecule has 1 heterocycles. The zero-order chi connectivity index (χ0) is 18.4. The van der Waals surface area contributed by atoms with Crippen LogP contribution in [0.25, 0.3) is 11.3 Å². The van der Waals surface area contributed by atoms with Crippen molar-refractivity contribution in [1.82, 2.24) is 15.5 Å². The number of methoxy groups -OCH3 is 1. The third kappa shape index (κ3) is 4.22. The number of aromatic nitrogens is 2. The molecule has 3 rings (SSSR count). The van der Waals surface area contributed by atoms with E-state index in [1.54, 1.807) is 7.11 Å². The summed E-state index contributed by atoms with van der Waals surface area (Å²) in [4.78, 5) is 12.4. The van der Waals surface area contributed by atoms with E-state index in [4.69, 9.17) is 9.47 Å². The van der Waals surface area contributed by atoms with Crippen LogP contribution in [0.2, 0.25) is 0 Å². The van der Waals surface area contributed by atoms with Crippen molar-refractivity contribution in [3.63, 3.8) is 0 Å². The molecule has 134 valence electrons. The van der Waals surface area contributed by atoms with Gasteiger partial charge in [0.25, 0.3) is 5.91 Å². The molecule has 0 saturated heterocycles. The van der Waals surface area contributed by atoms with Crippen LogP contribution in [0.1, 0.15) is 15.9 Å². The zero-order valence-electron chi connectivity index (χ0n) is 14.8. The number of ether oxygens (including phenoxy) is 2. The summed E-state index contributed by atoms with van der Waals surface area (Å²) in [5.41, 5.74) is 3.16. The second-order valence-corrected chi connectivity index (χ2v) is 5.81. The molecule has 6 heteroatoms. The molecular formula is C20H21N3O3. The summed E-state index contributed by atoms with van der Waals surface area (Å²) in [5, 5.41) is 9.73. The Morgan fingerprint density at radius 3 is 2.69 bits per heavy atom. The number of nitrogens with one attached hydrogen (secondary N) is 2. The van der Waals surface area contributed by atoms with Gasteiger partial charge in [0.1, 0.15) is 18.1 Å². The fourth-order valence-corrected chi connectivity index (χ4v) is 2.57. The van der Waals surface area contributed by atoms with Crippen molar-refractivity contribution in [1.29, 1.82) is 0 Å². The number of aromatic amines is 1. The highest BCUT2D eigenvalue weighted by Crippen LogP contribution is 2.23. The van der Waals surface area contributed by atoms with Gasteiger partial charge in [-0.05, 0) is 48.9 Å². The van der Waals surface area contributed by atoms with Crippen molar-refractivity contribution in [2.45, 2.75) is 6.92 Å². The van der Waals surface area contributed by atoms with Crippen LogP contribution in [-0.2, 0) is 0 Å². The Labute approximate surface area is 152 Å². The molecule has 0 radical (unpaired) electrons. The van der Waals surface area contributed by atoms with Crippen molar-refractivity contribution in [3.05, 3.63) is 65.9 Å². The van der Waals surface area contributed by atoms with E-state index in [0.717, 1.165) is 22.6 Å². The first-order valence-corrected chi connectivity index (χ1v) is 8.33. The third-order valence-corrected chi connectivity index (χ3v) is 3.91. The number of aryl methyl sites for hydroxylation is 1. The maximum atomic E-state index is 12.4. The van der Waals surface area contributed by atoms with Crippen LogP contribution in [0, 0.1) is 6.92 Å². The SMILES string of the molecule is COc1ccc(-c2[nH]ncc2C(=O)NCCOc2cccc(C)c2)cc1. The van der Waals surface area contributed by atoms with E-state index in [1.807, 2.05) is 55.5 Å². The lowest BCUT2D eigenvalue weighted by Crippen LogP contribution is -2.28. The number of benzene rings is 2. The van der Waals surface area contributed by atoms with Crippen LogP contribution in [0.5, 0.6) is 11.5 Å². The van der Waals surface area contributed by atoms with E-state index in [2.05, 4.69) is 15.5 Å².